The van der Waals surface area contributed by atoms with Crippen LogP contribution >= 0.6 is 0 Å². The van der Waals surface area contributed by atoms with Crippen molar-refractivity contribution in [3.05, 3.63) is 54.1 Å². The fourth-order valence-electron chi connectivity index (χ4n) is 2.14. The van der Waals surface area contributed by atoms with Gasteiger partial charge in [-0.25, -0.2) is 13.1 Å². The van der Waals surface area contributed by atoms with Crippen molar-refractivity contribution in [3.63, 3.8) is 0 Å². The number of benzene rings is 2. The van der Waals surface area contributed by atoms with Crippen molar-refractivity contribution in [2.75, 3.05) is 14.2 Å². The zero-order valence-corrected chi connectivity index (χ0v) is 13.6. The fraction of sp³-hybridized carbons (Fsp3) is 0.250. The second-order valence-electron chi connectivity index (χ2n) is 4.76. The summed E-state index contributed by atoms with van der Waals surface area (Å²) in [7, 11) is -0.526. The second-order valence-corrected chi connectivity index (χ2v) is 6.47. The first kappa shape index (κ1) is 16.3. The van der Waals surface area contributed by atoms with Crippen LogP contribution in [0.25, 0.3) is 0 Å². The number of hydrogen-bond donors (Lipinski definition) is 1. The quantitative estimate of drug-likeness (QED) is 0.888. The molecule has 2 rings (SSSR count). The molecule has 1 atom stereocenters. The van der Waals surface area contributed by atoms with Crippen LogP contribution in [0.3, 0.4) is 0 Å². The molecule has 0 aliphatic heterocycles. The van der Waals surface area contributed by atoms with Crippen LogP contribution < -0.4 is 14.2 Å². The highest BCUT2D eigenvalue weighted by atomic mass is 32.2. The minimum Gasteiger partial charge on any atom is -0.497 e. The summed E-state index contributed by atoms with van der Waals surface area (Å²) in [5.74, 6) is 1.25. The Morgan fingerprint density at radius 1 is 0.955 bits per heavy atom. The van der Waals surface area contributed by atoms with Gasteiger partial charge in [-0.3, -0.25) is 0 Å². The highest BCUT2D eigenvalue weighted by Gasteiger charge is 2.20. The molecule has 0 aromatic heterocycles. The summed E-state index contributed by atoms with van der Waals surface area (Å²) in [6.07, 6.45) is 0. The molecule has 5 nitrogen and oxygen atoms in total. The maximum Gasteiger partial charge on any atom is 0.241 e. The highest BCUT2D eigenvalue weighted by Crippen LogP contribution is 2.26. The lowest BCUT2D eigenvalue weighted by molar-refractivity contribution is 0.405. The Labute approximate surface area is 130 Å². The van der Waals surface area contributed by atoms with Gasteiger partial charge >= 0.3 is 0 Å². The van der Waals surface area contributed by atoms with Crippen LogP contribution in [0.2, 0.25) is 0 Å². The van der Waals surface area contributed by atoms with Gasteiger partial charge in [0.15, 0.2) is 0 Å². The van der Waals surface area contributed by atoms with Gasteiger partial charge in [0.25, 0.3) is 0 Å². The average molecular weight is 321 g/mol. The number of nitrogens with one attached hydrogen (secondary N) is 1. The van der Waals surface area contributed by atoms with E-state index in [1.807, 2.05) is 18.2 Å². The van der Waals surface area contributed by atoms with Crippen molar-refractivity contribution < 1.29 is 17.9 Å². The highest BCUT2D eigenvalue weighted by molar-refractivity contribution is 7.89. The minimum absolute atomic E-state index is 0.190. The normalized spacial score (nSPS) is 12.7. The number of methoxy groups -OCH3 is 2. The van der Waals surface area contributed by atoms with Crippen LogP contribution in [0.5, 0.6) is 11.5 Å². The maximum atomic E-state index is 12.4. The molecule has 0 aliphatic carbocycles. The molecule has 0 spiro atoms. The molecular formula is C16H19NO4S. The molecule has 2 aromatic rings. The summed E-state index contributed by atoms with van der Waals surface area (Å²) in [6.45, 7) is 1.78. The van der Waals surface area contributed by atoms with Crippen molar-refractivity contribution in [2.45, 2.75) is 17.9 Å². The van der Waals surface area contributed by atoms with Crippen molar-refractivity contribution >= 4 is 10.0 Å². The van der Waals surface area contributed by atoms with E-state index in [0.717, 1.165) is 5.56 Å². The number of sulfonamides is 1. The first-order chi connectivity index (χ1) is 10.5. The molecule has 0 amide bonds. The van der Waals surface area contributed by atoms with Crippen molar-refractivity contribution in [2.24, 2.45) is 0 Å². The fourth-order valence-corrected chi connectivity index (χ4v) is 3.37. The van der Waals surface area contributed by atoms with E-state index >= 15 is 0 Å². The molecule has 0 saturated carbocycles. The number of para-hydroxylation sites is 1. The molecule has 1 unspecified atom stereocenters. The SMILES string of the molecule is COc1ccc(S(=O)(=O)NC(C)c2ccccc2OC)cc1. The molecule has 118 valence electrons. The van der Waals surface area contributed by atoms with Gasteiger partial charge in [-0.15, -0.1) is 0 Å². The predicted molar refractivity (Wildman–Crippen MR) is 84.7 cm³/mol. The van der Waals surface area contributed by atoms with Crippen LogP contribution in [0.1, 0.15) is 18.5 Å². The van der Waals surface area contributed by atoms with Crippen molar-refractivity contribution in [1.29, 1.82) is 0 Å². The van der Waals surface area contributed by atoms with Crippen LogP contribution in [-0.2, 0) is 10.0 Å². The summed E-state index contributed by atoms with van der Waals surface area (Å²) in [4.78, 5) is 0.190. The Balaban J connectivity index is 2.23. The Morgan fingerprint density at radius 2 is 1.59 bits per heavy atom. The van der Waals surface area contributed by atoms with Crippen LogP contribution in [0.4, 0.5) is 0 Å². The lowest BCUT2D eigenvalue weighted by Gasteiger charge is -2.17. The van der Waals surface area contributed by atoms with E-state index in [-0.39, 0.29) is 4.90 Å². The van der Waals surface area contributed by atoms with E-state index in [0.29, 0.717) is 11.5 Å². The Kier molecular flexibility index (Phi) is 5.05. The summed E-state index contributed by atoms with van der Waals surface area (Å²) >= 11 is 0. The zero-order valence-electron chi connectivity index (χ0n) is 12.7. The van der Waals surface area contributed by atoms with Crippen LogP contribution in [0, 0.1) is 0 Å². The van der Waals surface area contributed by atoms with E-state index in [1.54, 1.807) is 32.2 Å². The first-order valence-corrected chi connectivity index (χ1v) is 8.25. The maximum absolute atomic E-state index is 12.4. The number of ether oxygens (including phenoxy) is 2. The third kappa shape index (κ3) is 3.58. The van der Waals surface area contributed by atoms with Gasteiger partial charge in [0.1, 0.15) is 11.5 Å². The standard InChI is InChI=1S/C16H19NO4S/c1-12(15-6-4-5-7-16(15)21-3)17-22(18,19)14-10-8-13(20-2)9-11-14/h4-12,17H,1-3H3. The van der Waals surface area contributed by atoms with E-state index in [9.17, 15) is 8.42 Å². The lowest BCUT2D eigenvalue weighted by Crippen LogP contribution is -2.27. The second kappa shape index (κ2) is 6.81. The predicted octanol–water partition coefficient (Wildman–Crippen LogP) is 2.74. The van der Waals surface area contributed by atoms with Gasteiger partial charge in [0, 0.05) is 11.6 Å². The Bertz CT molecular complexity index is 726. The summed E-state index contributed by atoms with van der Waals surface area (Å²) < 4.78 is 37.8. The molecule has 2 aromatic carbocycles. The molecule has 0 radical (unpaired) electrons. The molecule has 6 heteroatoms. The van der Waals surface area contributed by atoms with E-state index < -0.39 is 16.1 Å². The van der Waals surface area contributed by atoms with Gasteiger partial charge in [-0.2, -0.15) is 0 Å². The molecule has 0 saturated heterocycles. The minimum atomic E-state index is -3.62. The summed E-state index contributed by atoms with van der Waals surface area (Å²) in [6, 6.07) is 13.1. The lowest BCUT2D eigenvalue weighted by atomic mass is 10.1. The molecule has 0 heterocycles. The van der Waals surface area contributed by atoms with Crippen LogP contribution in [-0.4, -0.2) is 22.6 Å². The summed E-state index contributed by atoms with van der Waals surface area (Å²) in [5, 5.41) is 0. The average Bonchev–Trinajstić information content (AvgIpc) is 2.54. The van der Waals surface area contributed by atoms with Gasteiger partial charge in [0.2, 0.25) is 10.0 Å². The van der Waals surface area contributed by atoms with Crippen molar-refractivity contribution in [3.8, 4) is 11.5 Å². The smallest absolute Gasteiger partial charge is 0.241 e. The van der Waals surface area contributed by atoms with Gasteiger partial charge in [-0.1, -0.05) is 18.2 Å². The number of rotatable bonds is 6. The molecule has 0 bridgehead atoms. The Morgan fingerprint density at radius 3 is 2.18 bits per heavy atom. The van der Waals surface area contributed by atoms with Gasteiger partial charge in [0.05, 0.1) is 19.1 Å². The third-order valence-electron chi connectivity index (χ3n) is 3.31. The van der Waals surface area contributed by atoms with Gasteiger partial charge < -0.3 is 9.47 Å². The third-order valence-corrected chi connectivity index (χ3v) is 4.86. The van der Waals surface area contributed by atoms with Crippen molar-refractivity contribution in [1.82, 2.24) is 4.72 Å². The number of hydrogen-bond acceptors (Lipinski definition) is 4. The summed E-state index contributed by atoms with van der Waals surface area (Å²) in [5.41, 5.74) is 0.780. The molecule has 22 heavy (non-hydrogen) atoms. The van der Waals surface area contributed by atoms with Gasteiger partial charge in [-0.05, 0) is 37.3 Å². The Hall–Kier alpha value is -2.05. The van der Waals surface area contributed by atoms with Crippen LogP contribution in [0.15, 0.2) is 53.4 Å². The molecule has 0 fully saturated rings. The molecule has 1 N–H and O–H groups in total. The molecular weight excluding hydrogens is 302 g/mol. The monoisotopic (exact) mass is 321 g/mol. The van der Waals surface area contributed by atoms with E-state index in [4.69, 9.17) is 9.47 Å². The zero-order chi connectivity index (χ0) is 16.2. The molecule has 0 aliphatic rings. The first-order valence-electron chi connectivity index (χ1n) is 6.77. The van der Waals surface area contributed by atoms with E-state index in [2.05, 4.69) is 4.72 Å². The topological polar surface area (TPSA) is 64.6 Å². The largest absolute Gasteiger partial charge is 0.497 e. The van der Waals surface area contributed by atoms with E-state index in [1.165, 1.54) is 19.2 Å².